The lowest BCUT2D eigenvalue weighted by molar-refractivity contribution is -0.139. The minimum absolute atomic E-state index is 0.186. The van der Waals surface area contributed by atoms with Gasteiger partial charge in [-0.05, 0) is 66.5 Å². The van der Waals surface area contributed by atoms with Crippen LogP contribution in [-0.2, 0) is 9.53 Å². The highest BCUT2D eigenvalue weighted by Crippen LogP contribution is 2.36. The normalized spacial score (nSPS) is 14.9. The van der Waals surface area contributed by atoms with Gasteiger partial charge < -0.3 is 23.7 Å². The lowest BCUT2D eigenvalue weighted by atomic mass is 9.95. The number of carbonyl (C=O) groups is 1. The molecule has 9 nitrogen and oxygen atoms in total. The molecular formula is C28H29BrN2O7S. The van der Waals surface area contributed by atoms with Crippen molar-refractivity contribution < 1.29 is 28.5 Å². The van der Waals surface area contributed by atoms with Gasteiger partial charge in [-0.2, -0.15) is 0 Å². The summed E-state index contributed by atoms with van der Waals surface area (Å²) in [4.78, 5) is 32.2. The van der Waals surface area contributed by atoms with Crippen LogP contribution in [0.4, 0.5) is 0 Å². The molecule has 1 atom stereocenters. The maximum atomic E-state index is 14.0. The topological polar surface area (TPSA) is 97.6 Å². The second-order valence-electron chi connectivity index (χ2n) is 8.37. The molecule has 0 fully saturated rings. The molecule has 1 aliphatic rings. The zero-order valence-corrected chi connectivity index (χ0v) is 24.9. The number of allylic oxidation sites excluding steroid dienone is 1. The van der Waals surface area contributed by atoms with Crippen LogP contribution in [-0.4, -0.2) is 45.1 Å². The first-order valence-electron chi connectivity index (χ1n) is 12.2. The Hall–Kier alpha value is -3.57. The molecule has 0 N–H and O–H groups in total. The molecule has 2 aromatic carbocycles. The van der Waals surface area contributed by atoms with E-state index in [1.807, 2.05) is 19.1 Å². The van der Waals surface area contributed by atoms with Crippen LogP contribution in [0.2, 0.25) is 0 Å². The van der Waals surface area contributed by atoms with Crippen molar-refractivity contribution in [2.75, 3.05) is 34.5 Å². The highest BCUT2D eigenvalue weighted by Gasteiger charge is 2.34. The van der Waals surface area contributed by atoms with Crippen LogP contribution < -0.4 is 33.8 Å². The Morgan fingerprint density at radius 2 is 1.74 bits per heavy atom. The summed E-state index contributed by atoms with van der Waals surface area (Å²) >= 11 is 4.73. The molecule has 0 unspecified atom stereocenters. The molecular weight excluding hydrogens is 588 g/mol. The van der Waals surface area contributed by atoms with E-state index < -0.39 is 12.0 Å². The summed E-state index contributed by atoms with van der Waals surface area (Å²) in [7, 11) is 4.67. The van der Waals surface area contributed by atoms with E-state index in [1.165, 1.54) is 15.9 Å². The molecule has 39 heavy (non-hydrogen) atoms. The number of esters is 1. The van der Waals surface area contributed by atoms with E-state index >= 15 is 0 Å². The number of carbonyl (C=O) groups excluding carboxylic acids is 1. The average Bonchev–Trinajstić information content (AvgIpc) is 3.22. The number of ether oxygens (including phenoxy) is 5. The summed E-state index contributed by atoms with van der Waals surface area (Å²) in [5.74, 6) is 1.66. The van der Waals surface area contributed by atoms with Gasteiger partial charge in [0.05, 0.1) is 60.9 Å². The third kappa shape index (κ3) is 5.46. The van der Waals surface area contributed by atoms with Gasteiger partial charge in [0, 0.05) is 11.6 Å². The van der Waals surface area contributed by atoms with Gasteiger partial charge in [-0.1, -0.05) is 17.4 Å². The van der Waals surface area contributed by atoms with E-state index in [-0.39, 0.29) is 17.7 Å². The predicted molar refractivity (Wildman–Crippen MR) is 152 cm³/mol. The zero-order valence-electron chi connectivity index (χ0n) is 22.5. The quantitative estimate of drug-likeness (QED) is 0.335. The molecule has 3 aromatic rings. The van der Waals surface area contributed by atoms with Crippen LogP contribution in [0.25, 0.3) is 6.08 Å². The summed E-state index contributed by atoms with van der Waals surface area (Å²) in [5, 5.41) is 0. The van der Waals surface area contributed by atoms with Crippen molar-refractivity contribution >= 4 is 39.3 Å². The number of hydrogen-bond acceptors (Lipinski definition) is 9. The van der Waals surface area contributed by atoms with Crippen molar-refractivity contribution in [2.24, 2.45) is 4.99 Å². The number of methoxy groups -OCH3 is 3. The van der Waals surface area contributed by atoms with Crippen molar-refractivity contribution in [1.82, 2.24) is 4.57 Å². The first-order chi connectivity index (χ1) is 18.8. The third-order valence-electron chi connectivity index (χ3n) is 6.11. The average molecular weight is 618 g/mol. The van der Waals surface area contributed by atoms with E-state index in [2.05, 4.69) is 20.9 Å². The fourth-order valence-electron chi connectivity index (χ4n) is 4.38. The van der Waals surface area contributed by atoms with Gasteiger partial charge in [0.25, 0.3) is 5.56 Å². The van der Waals surface area contributed by atoms with Crippen LogP contribution in [0.1, 0.15) is 37.9 Å². The molecule has 2 heterocycles. The molecule has 0 amide bonds. The van der Waals surface area contributed by atoms with Crippen molar-refractivity contribution in [3.05, 3.63) is 76.9 Å². The van der Waals surface area contributed by atoms with E-state index in [0.717, 1.165) is 0 Å². The van der Waals surface area contributed by atoms with E-state index in [9.17, 15) is 9.59 Å². The van der Waals surface area contributed by atoms with Gasteiger partial charge in [-0.25, -0.2) is 9.79 Å². The summed E-state index contributed by atoms with van der Waals surface area (Å²) < 4.78 is 30.2. The van der Waals surface area contributed by atoms with Crippen LogP contribution >= 0.6 is 27.3 Å². The van der Waals surface area contributed by atoms with Crippen LogP contribution in [0.3, 0.4) is 0 Å². The van der Waals surface area contributed by atoms with Crippen LogP contribution in [0.15, 0.2) is 55.9 Å². The Balaban J connectivity index is 1.98. The zero-order chi connectivity index (χ0) is 28.3. The maximum absolute atomic E-state index is 14.0. The second-order valence-corrected chi connectivity index (χ2v) is 10.2. The summed E-state index contributed by atoms with van der Waals surface area (Å²) in [5.41, 5.74) is 1.80. The Morgan fingerprint density at radius 1 is 1.03 bits per heavy atom. The number of fused-ring (bicyclic) bond motifs is 1. The Labute approximate surface area is 238 Å². The highest BCUT2D eigenvalue weighted by molar-refractivity contribution is 9.10. The first kappa shape index (κ1) is 28.4. The molecule has 0 saturated carbocycles. The smallest absolute Gasteiger partial charge is 0.338 e. The van der Waals surface area contributed by atoms with E-state index in [0.29, 0.717) is 60.2 Å². The lowest BCUT2D eigenvalue weighted by Gasteiger charge is -2.25. The minimum atomic E-state index is -0.780. The molecule has 0 aliphatic carbocycles. The number of rotatable bonds is 9. The fourth-order valence-corrected chi connectivity index (χ4v) is 5.94. The number of thiazole rings is 1. The Kier molecular flexibility index (Phi) is 8.81. The first-order valence-corrected chi connectivity index (χ1v) is 13.8. The molecule has 0 bridgehead atoms. The largest absolute Gasteiger partial charge is 0.496 e. The summed E-state index contributed by atoms with van der Waals surface area (Å²) in [6.45, 7) is 5.95. The molecule has 11 heteroatoms. The van der Waals surface area contributed by atoms with Gasteiger partial charge in [-0.15, -0.1) is 0 Å². The minimum Gasteiger partial charge on any atom is -0.496 e. The molecule has 0 saturated heterocycles. The van der Waals surface area contributed by atoms with Gasteiger partial charge in [0.1, 0.15) is 11.5 Å². The lowest BCUT2D eigenvalue weighted by Crippen LogP contribution is -2.40. The van der Waals surface area contributed by atoms with Crippen LogP contribution in [0.5, 0.6) is 23.0 Å². The van der Waals surface area contributed by atoms with Gasteiger partial charge in [-0.3, -0.25) is 9.36 Å². The number of nitrogens with zero attached hydrogens (tertiary/aromatic N) is 2. The number of halogens is 1. The third-order valence-corrected chi connectivity index (χ3v) is 7.71. The van der Waals surface area contributed by atoms with Crippen molar-refractivity contribution in [3.8, 4) is 23.0 Å². The monoisotopic (exact) mass is 616 g/mol. The second kappa shape index (κ2) is 12.1. The molecule has 0 spiro atoms. The van der Waals surface area contributed by atoms with E-state index in [4.69, 9.17) is 23.7 Å². The molecule has 1 aliphatic heterocycles. The highest BCUT2D eigenvalue weighted by atomic mass is 79.9. The Bertz CT molecular complexity index is 1620. The molecule has 1 aromatic heterocycles. The fraction of sp³-hybridized carbons (Fsp3) is 0.321. The van der Waals surface area contributed by atoms with Crippen molar-refractivity contribution in [2.45, 2.75) is 26.8 Å². The number of aromatic nitrogens is 1. The van der Waals surface area contributed by atoms with E-state index in [1.54, 1.807) is 59.5 Å². The SMILES string of the molecule is CCOC(=O)C1=C(C)N=c2s/c(=C\c3cc(Br)c(OC)cc3OC)c(=O)n2[C@@H]1c1ccc(OC)c(OCC)c1. The molecule has 4 rings (SSSR count). The molecule has 206 valence electrons. The Morgan fingerprint density at radius 3 is 2.38 bits per heavy atom. The van der Waals surface area contributed by atoms with Crippen molar-refractivity contribution in [3.63, 3.8) is 0 Å². The maximum Gasteiger partial charge on any atom is 0.338 e. The predicted octanol–water partition coefficient (Wildman–Crippen LogP) is 3.99. The van der Waals surface area contributed by atoms with Crippen LogP contribution in [0, 0.1) is 0 Å². The van der Waals surface area contributed by atoms with Gasteiger partial charge in [0.2, 0.25) is 0 Å². The number of hydrogen-bond donors (Lipinski definition) is 0. The van der Waals surface area contributed by atoms with Gasteiger partial charge in [0.15, 0.2) is 16.3 Å². The number of benzene rings is 2. The standard InChI is InChI=1S/C28H29BrN2O7S/c1-7-37-22-12-16(9-10-19(22)34-4)25-24(27(33)38-8-2)15(3)30-28-31(25)26(32)23(39-28)13-17-11-18(29)21(36-6)14-20(17)35-5/h9-14,25H,7-8H2,1-6H3/b23-13-/t25-/m1/s1. The summed E-state index contributed by atoms with van der Waals surface area (Å²) in [6.07, 6.45) is 1.74. The molecule has 0 radical (unpaired) electrons. The van der Waals surface area contributed by atoms with Gasteiger partial charge >= 0.3 is 5.97 Å². The van der Waals surface area contributed by atoms with Crippen molar-refractivity contribution in [1.29, 1.82) is 0 Å². The summed E-state index contributed by atoms with van der Waals surface area (Å²) in [6, 6.07) is 8.13.